The Balaban J connectivity index is 1.70. The second-order valence-electron chi connectivity index (χ2n) is 8.25. The summed E-state index contributed by atoms with van der Waals surface area (Å²) in [4.78, 5) is 35.7. The lowest BCUT2D eigenvalue weighted by Gasteiger charge is -2.26. The van der Waals surface area contributed by atoms with Gasteiger partial charge in [0.05, 0.1) is 23.7 Å². The minimum absolute atomic E-state index is 0.00740. The molecule has 176 valence electrons. The number of anilines is 1. The van der Waals surface area contributed by atoms with Gasteiger partial charge in [-0.1, -0.05) is 37.0 Å². The molecule has 1 amide bonds. The van der Waals surface area contributed by atoms with Crippen molar-refractivity contribution in [2.24, 2.45) is 0 Å². The third-order valence-corrected chi connectivity index (χ3v) is 7.37. The zero-order valence-corrected chi connectivity index (χ0v) is 20.8. The molecule has 2 aliphatic rings. The van der Waals surface area contributed by atoms with Crippen LogP contribution in [0.4, 0.5) is 5.82 Å². The Morgan fingerprint density at radius 1 is 1.33 bits per heavy atom. The highest BCUT2D eigenvalue weighted by atomic mass is 32.2. The minimum atomic E-state index is -0.216. The van der Waals surface area contributed by atoms with Crippen LogP contribution in [0, 0.1) is 6.92 Å². The van der Waals surface area contributed by atoms with Crippen LogP contribution in [0.25, 0.3) is 11.7 Å². The zero-order chi connectivity index (χ0) is 23.5. The van der Waals surface area contributed by atoms with E-state index in [0.29, 0.717) is 32.8 Å². The molecule has 0 bridgehead atoms. The van der Waals surface area contributed by atoms with Gasteiger partial charge in [-0.3, -0.25) is 23.8 Å². The molecule has 10 heteroatoms. The lowest BCUT2D eigenvalue weighted by molar-refractivity contribution is -0.123. The van der Waals surface area contributed by atoms with Crippen molar-refractivity contribution in [2.45, 2.75) is 33.2 Å². The SMILES string of the molecule is CCC(C)N1C(=O)/C(=C/c2c(NCCN3CCOCC3)nc3c(C)cccn3c2=O)SC1=S. The van der Waals surface area contributed by atoms with Crippen molar-refractivity contribution in [2.75, 3.05) is 44.7 Å². The number of carbonyl (C=O) groups is 1. The zero-order valence-electron chi connectivity index (χ0n) is 19.2. The number of hydrogen-bond acceptors (Lipinski definition) is 8. The van der Waals surface area contributed by atoms with Crippen LogP contribution in [0.3, 0.4) is 0 Å². The number of thiocarbonyl (C=S) groups is 1. The number of nitrogens with zero attached hydrogens (tertiary/aromatic N) is 4. The van der Waals surface area contributed by atoms with Crippen molar-refractivity contribution >= 4 is 51.7 Å². The smallest absolute Gasteiger partial charge is 0.267 e. The number of hydrogen-bond donors (Lipinski definition) is 1. The maximum Gasteiger partial charge on any atom is 0.267 e. The third kappa shape index (κ3) is 4.98. The fraction of sp³-hybridized carbons (Fsp3) is 0.478. The Bertz CT molecular complexity index is 1160. The summed E-state index contributed by atoms with van der Waals surface area (Å²) in [6.07, 6.45) is 4.15. The van der Waals surface area contributed by atoms with Crippen molar-refractivity contribution < 1.29 is 9.53 Å². The maximum absolute atomic E-state index is 13.5. The van der Waals surface area contributed by atoms with Crippen LogP contribution < -0.4 is 10.9 Å². The molecule has 2 aromatic heterocycles. The average molecular weight is 488 g/mol. The fourth-order valence-electron chi connectivity index (χ4n) is 3.91. The largest absolute Gasteiger partial charge is 0.379 e. The summed E-state index contributed by atoms with van der Waals surface area (Å²) in [5.74, 6) is 0.323. The summed E-state index contributed by atoms with van der Waals surface area (Å²) in [5, 5.41) is 3.35. The predicted molar refractivity (Wildman–Crippen MR) is 137 cm³/mol. The standard InChI is InChI=1S/C23H29N5O3S2/c1-4-16(3)28-22(30)18(33-23(28)32)14-17-19(24-7-9-26-10-12-31-13-11-26)25-20-15(2)6-5-8-27(20)21(17)29/h5-6,8,14,16,24H,4,7,9-13H2,1-3H3/b18-14-. The van der Waals surface area contributed by atoms with Gasteiger partial charge in [0.2, 0.25) is 0 Å². The van der Waals surface area contributed by atoms with E-state index in [0.717, 1.165) is 44.8 Å². The van der Waals surface area contributed by atoms with E-state index in [1.54, 1.807) is 17.2 Å². The van der Waals surface area contributed by atoms with Crippen molar-refractivity contribution in [3.63, 3.8) is 0 Å². The molecule has 1 unspecified atom stereocenters. The predicted octanol–water partition coefficient (Wildman–Crippen LogP) is 2.75. The molecule has 0 saturated carbocycles. The highest BCUT2D eigenvalue weighted by molar-refractivity contribution is 8.26. The molecular weight excluding hydrogens is 458 g/mol. The van der Waals surface area contributed by atoms with Gasteiger partial charge in [0.25, 0.3) is 11.5 Å². The van der Waals surface area contributed by atoms with E-state index in [-0.39, 0.29) is 17.5 Å². The summed E-state index contributed by atoms with van der Waals surface area (Å²) < 4.78 is 7.46. The van der Waals surface area contributed by atoms with E-state index >= 15 is 0 Å². The molecule has 0 aromatic carbocycles. The molecule has 2 fully saturated rings. The van der Waals surface area contributed by atoms with Gasteiger partial charge in [-0.15, -0.1) is 0 Å². The molecule has 2 saturated heterocycles. The topological polar surface area (TPSA) is 79.2 Å². The summed E-state index contributed by atoms with van der Waals surface area (Å²) in [5.41, 5.74) is 1.65. The van der Waals surface area contributed by atoms with Gasteiger partial charge in [-0.05, 0) is 38.0 Å². The lowest BCUT2D eigenvalue weighted by Crippen LogP contribution is -2.39. The number of morpholine rings is 1. The molecular formula is C23H29N5O3S2. The normalized spacial score (nSPS) is 19.6. The van der Waals surface area contributed by atoms with Crippen LogP contribution in [-0.4, -0.2) is 74.8 Å². The quantitative estimate of drug-likeness (QED) is 0.472. The molecule has 8 nitrogen and oxygen atoms in total. The highest BCUT2D eigenvalue weighted by Gasteiger charge is 2.35. The second kappa shape index (κ2) is 10.3. The van der Waals surface area contributed by atoms with E-state index in [4.69, 9.17) is 21.9 Å². The van der Waals surface area contributed by atoms with Crippen LogP contribution >= 0.6 is 24.0 Å². The number of carbonyl (C=O) groups excluding carboxylic acids is 1. The molecule has 1 atom stereocenters. The van der Waals surface area contributed by atoms with Gasteiger partial charge in [0, 0.05) is 38.4 Å². The van der Waals surface area contributed by atoms with Crippen LogP contribution in [0.1, 0.15) is 31.4 Å². The number of pyridine rings is 1. The first kappa shape index (κ1) is 23.9. The monoisotopic (exact) mass is 487 g/mol. The minimum Gasteiger partial charge on any atom is -0.379 e. The fourth-order valence-corrected chi connectivity index (χ4v) is 5.35. The molecule has 2 aromatic rings. The van der Waals surface area contributed by atoms with Gasteiger partial charge >= 0.3 is 0 Å². The molecule has 33 heavy (non-hydrogen) atoms. The maximum atomic E-state index is 13.5. The summed E-state index contributed by atoms with van der Waals surface area (Å²) in [7, 11) is 0. The molecule has 0 spiro atoms. The van der Waals surface area contributed by atoms with Crippen LogP contribution in [0.15, 0.2) is 28.0 Å². The average Bonchev–Trinajstić information content (AvgIpc) is 3.09. The first-order valence-corrected chi connectivity index (χ1v) is 12.5. The second-order valence-corrected chi connectivity index (χ2v) is 9.93. The summed E-state index contributed by atoms with van der Waals surface area (Å²) >= 11 is 6.69. The van der Waals surface area contributed by atoms with Gasteiger partial charge < -0.3 is 10.1 Å². The van der Waals surface area contributed by atoms with Crippen LogP contribution in [0.5, 0.6) is 0 Å². The van der Waals surface area contributed by atoms with Crippen molar-refractivity contribution in [1.29, 1.82) is 0 Å². The number of fused-ring (bicyclic) bond motifs is 1. The van der Waals surface area contributed by atoms with E-state index in [9.17, 15) is 9.59 Å². The number of aromatic nitrogens is 2. The summed E-state index contributed by atoms with van der Waals surface area (Å²) in [6.45, 7) is 10.6. The molecule has 0 radical (unpaired) electrons. The van der Waals surface area contributed by atoms with E-state index < -0.39 is 0 Å². The van der Waals surface area contributed by atoms with Crippen LogP contribution in [-0.2, 0) is 9.53 Å². The molecule has 2 aliphatic heterocycles. The van der Waals surface area contributed by atoms with Crippen molar-refractivity contribution in [1.82, 2.24) is 19.2 Å². The Hall–Kier alpha value is -2.27. The Labute approximate surface area is 203 Å². The van der Waals surface area contributed by atoms with Gasteiger partial charge in [-0.2, -0.15) is 0 Å². The van der Waals surface area contributed by atoms with E-state index in [2.05, 4.69) is 10.2 Å². The number of aryl methyl sites for hydroxylation is 1. The van der Waals surface area contributed by atoms with Gasteiger partial charge in [0.1, 0.15) is 15.8 Å². The number of amides is 1. The van der Waals surface area contributed by atoms with E-state index in [1.165, 1.54) is 16.2 Å². The Morgan fingerprint density at radius 3 is 2.82 bits per heavy atom. The Morgan fingerprint density at radius 2 is 2.09 bits per heavy atom. The number of thioether (sulfide) groups is 1. The number of ether oxygens (including phenoxy) is 1. The Kier molecular flexibility index (Phi) is 7.48. The molecule has 4 heterocycles. The summed E-state index contributed by atoms with van der Waals surface area (Å²) in [6, 6.07) is 3.76. The molecule has 0 aliphatic carbocycles. The van der Waals surface area contributed by atoms with E-state index in [1.807, 2.05) is 32.9 Å². The third-order valence-electron chi connectivity index (χ3n) is 6.04. The van der Waals surface area contributed by atoms with Gasteiger partial charge in [-0.25, -0.2) is 4.98 Å². The van der Waals surface area contributed by atoms with Crippen LogP contribution in [0.2, 0.25) is 0 Å². The first-order chi connectivity index (χ1) is 15.9. The molecule has 4 rings (SSSR count). The highest BCUT2D eigenvalue weighted by Crippen LogP contribution is 2.34. The number of nitrogens with one attached hydrogen (secondary N) is 1. The van der Waals surface area contributed by atoms with Crippen molar-refractivity contribution in [3.8, 4) is 0 Å². The van der Waals surface area contributed by atoms with Crippen molar-refractivity contribution in [3.05, 3.63) is 44.7 Å². The van der Waals surface area contributed by atoms with Gasteiger partial charge in [0.15, 0.2) is 0 Å². The lowest BCUT2D eigenvalue weighted by atomic mass is 10.2. The number of rotatable bonds is 7. The molecule has 1 N–H and O–H groups in total. The first-order valence-electron chi connectivity index (χ1n) is 11.2.